The molecule has 1 fully saturated rings. The predicted molar refractivity (Wildman–Crippen MR) is 59.9 cm³/mol. The number of ether oxygens (including phenoxy) is 1. The topological polar surface area (TPSA) is 41.6 Å². The van der Waals surface area contributed by atoms with Crippen LogP contribution in [0.25, 0.3) is 0 Å². The SMILES string of the molecule is CCCNC(=O)N(C)CC1CCOCC1. The van der Waals surface area contributed by atoms with E-state index in [1.165, 1.54) is 0 Å². The lowest BCUT2D eigenvalue weighted by atomic mass is 10.0. The molecule has 0 aromatic carbocycles. The molecule has 0 atom stereocenters. The highest BCUT2D eigenvalue weighted by Crippen LogP contribution is 2.15. The fourth-order valence-corrected chi connectivity index (χ4v) is 1.77. The van der Waals surface area contributed by atoms with E-state index in [1.54, 1.807) is 4.90 Å². The first kappa shape index (κ1) is 12.3. The van der Waals surface area contributed by atoms with Crippen LogP contribution < -0.4 is 5.32 Å². The molecular formula is C11H22N2O2. The van der Waals surface area contributed by atoms with Crippen molar-refractivity contribution in [2.24, 2.45) is 5.92 Å². The predicted octanol–water partition coefficient (Wildman–Crippen LogP) is 1.46. The maximum absolute atomic E-state index is 11.6. The largest absolute Gasteiger partial charge is 0.381 e. The smallest absolute Gasteiger partial charge is 0.317 e. The van der Waals surface area contributed by atoms with Gasteiger partial charge in [-0.1, -0.05) is 6.92 Å². The summed E-state index contributed by atoms with van der Waals surface area (Å²) in [6.45, 7) is 5.35. The summed E-state index contributed by atoms with van der Waals surface area (Å²) in [5.74, 6) is 0.608. The van der Waals surface area contributed by atoms with Crippen molar-refractivity contribution < 1.29 is 9.53 Å². The molecule has 1 aliphatic rings. The number of rotatable bonds is 4. The molecule has 0 unspecified atom stereocenters. The number of amides is 2. The van der Waals surface area contributed by atoms with Crippen LogP contribution in [0.15, 0.2) is 0 Å². The fraction of sp³-hybridized carbons (Fsp3) is 0.909. The molecule has 0 saturated carbocycles. The average Bonchev–Trinajstić information content (AvgIpc) is 2.27. The Bertz CT molecular complexity index is 191. The summed E-state index contributed by atoms with van der Waals surface area (Å²) in [5.41, 5.74) is 0. The van der Waals surface area contributed by atoms with Crippen molar-refractivity contribution in [1.29, 1.82) is 0 Å². The molecule has 0 aromatic heterocycles. The van der Waals surface area contributed by atoms with Gasteiger partial charge < -0.3 is 15.0 Å². The van der Waals surface area contributed by atoms with Crippen LogP contribution in [0.1, 0.15) is 26.2 Å². The molecule has 4 nitrogen and oxygen atoms in total. The Morgan fingerprint density at radius 1 is 1.47 bits per heavy atom. The number of urea groups is 1. The summed E-state index contributed by atoms with van der Waals surface area (Å²) >= 11 is 0. The summed E-state index contributed by atoms with van der Waals surface area (Å²) in [4.78, 5) is 13.3. The zero-order chi connectivity index (χ0) is 11.1. The van der Waals surface area contributed by atoms with Crippen LogP contribution >= 0.6 is 0 Å². The molecule has 4 heteroatoms. The Balaban J connectivity index is 2.20. The van der Waals surface area contributed by atoms with Gasteiger partial charge in [-0.25, -0.2) is 4.79 Å². The van der Waals surface area contributed by atoms with E-state index in [0.29, 0.717) is 5.92 Å². The first-order valence-corrected chi connectivity index (χ1v) is 5.80. The second-order valence-electron chi connectivity index (χ2n) is 4.17. The molecule has 1 heterocycles. The van der Waals surface area contributed by atoms with E-state index in [1.807, 2.05) is 7.05 Å². The molecular weight excluding hydrogens is 192 g/mol. The van der Waals surface area contributed by atoms with E-state index in [0.717, 1.165) is 45.6 Å². The molecule has 0 bridgehead atoms. The Labute approximate surface area is 92.0 Å². The Morgan fingerprint density at radius 3 is 2.73 bits per heavy atom. The number of nitrogens with one attached hydrogen (secondary N) is 1. The summed E-state index contributed by atoms with van der Waals surface area (Å²) < 4.78 is 5.29. The van der Waals surface area contributed by atoms with Crippen LogP contribution in [-0.2, 0) is 4.74 Å². The lowest BCUT2D eigenvalue weighted by Crippen LogP contribution is -2.41. The van der Waals surface area contributed by atoms with Crippen LogP contribution in [-0.4, -0.2) is 44.3 Å². The summed E-state index contributed by atoms with van der Waals surface area (Å²) in [7, 11) is 1.86. The van der Waals surface area contributed by atoms with E-state index in [4.69, 9.17) is 4.74 Å². The summed E-state index contributed by atoms with van der Waals surface area (Å²) in [5, 5.41) is 2.88. The van der Waals surface area contributed by atoms with Crippen LogP contribution in [0.3, 0.4) is 0 Å². The van der Waals surface area contributed by atoms with Crippen molar-refractivity contribution in [1.82, 2.24) is 10.2 Å². The second kappa shape index (κ2) is 6.67. The van der Waals surface area contributed by atoms with Gasteiger partial charge in [-0.15, -0.1) is 0 Å². The first-order valence-electron chi connectivity index (χ1n) is 5.80. The molecule has 0 aromatic rings. The van der Waals surface area contributed by atoms with Crippen molar-refractivity contribution in [3.63, 3.8) is 0 Å². The van der Waals surface area contributed by atoms with Crippen LogP contribution in [0.4, 0.5) is 4.79 Å². The normalized spacial score (nSPS) is 17.5. The Hall–Kier alpha value is -0.770. The van der Waals surface area contributed by atoms with Gasteiger partial charge in [0.05, 0.1) is 0 Å². The zero-order valence-corrected chi connectivity index (χ0v) is 9.79. The van der Waals surface area contributed by atoms with E-state index in [-0.39, 0.29) is 6.03 Å². The minimum atomic E-state index is 0.0448. The number of carbonyl (C=O) groups is 1. The van der Waals surface area contributed by atoms with Crippen molar-refractivity contribution >= 4 is 6.03 Å². The minimum absolute atomic E-state index is 0.0448. The first-order chi connectivity index (χ1) is 7.24. The van der Waals surface area contributed by atoms with Gasteiger partial charge in [0, 0.05) is 33.4 Å². The van der Waals surface area contributed by atoms with Gasteiger partial charge >= 0.3 is 6.03 Å². The summed E-state index contributed by atoms with van der Waals surface area (Å²) in [6, 6.07) is 0.0448. The monoisotopic (exact) mass is 214 g/mol. The van der Waals surface area contributed by atoms with Crippen molar-refractivity contribution in [2.45, 2.75) is 26.2 Å². The van der Waals surface area contributed by atoms with E-state index < -0.39 is 0 Å². The third-order valence-corrected chi connectivity index (χ3v) is 2.75. The molecule has 1 aliphatic heterocycles. The van der Waals surface area contributed by atoms with E-state index >= 15 is 0 Å². The third-order valence-electron chi connectivity index (χ3n) is 2.75. The van der Waals surface area contributed by atoms with E-state index in [2.05, 4.69) is 12.2 Å². The summed E-state index contributed by atoms with van der Waals surface area (Å²) in [6.07, 6.45) is 3.13. The van der Waals surface area contributed by atoms with Crippen LogP contribution in [0, 0.1) is 5.92 Å². The van der Waals surface area contributed by atoms with Crippen LogP contribution in [0.5, 0.6) is 0 Å². The lowest BCUT2D eigenvalue weighted by Gasteiger charge is -2.27. The quantitative estimate of drug-likeness (QED) is 0.770. The van der Waals surface area contributed by atoms with Gasteiger partial charge in [-0.3, -0.25) is 0 Å². The molecule has 1 N–H and O–H groups in total. The van der Waals surface area contributed by atoms with Crippen molar-refractivity contribution in [3.05, 3.63) is 0 Å². The fourth-order valence-electron chi connectivity index (χ4n) is 1.77. The minimum Gasteiger partial charge on any atom is -0.381 e. The van der Waals surface area contributed by atoms with Gasteiger partial charge in [0.1, 0.15) is 0 Å². The standard InChI is InChI=1S/C11H22N2O2/c1-3-6-12-11(14)13(2)9-10-4-7-15-8-5-10/h10H,3-9H2,1-2H3,(H,12,14). The van der Waals surface area contributed by atoms with Gasteiger partial charge in [0.25, 0.3) is 0 Å². The molecule has 1 saturated heterocycles. The zero-order valence-electron chi connectivity index (χ0n) is 9.79. The second-order valence-corrected chi connectivity index (χ2v) is 4.17. The molecule has 1 rings (SSSR count). The van der Waals surface area contributed by atoms with Gasteiger partial charge in [-0.2, -0.15) is 0 Å². The third kappa shape index (κ3) is 4.51. The molecule has 0 radical (unpaired) electrons. The number of carbonyl (C=O) groups excluding carboxylic acids is 1. The number of hydrogen-bond acceptors (Lipinski definition) is 2. The lowest BCUT2D eigenvalue weighted by molar-refractivity contribution is 0.0586. The van der Waals surface area contributed by atoms with Gasteiger partial charge in [0.2, 0.25) is 0 Å². The highest BCUT2D eigenvalue weighted by Gasteiger charge is 2.17. The van der Waals surface area contributed by atoms with Gasteiger partial charge in [-0.05, 0) is 25.2 Å². The highest BCUT2D eigenvalue weighted by molar-refractivity contribution is 5.73. The van der Waals surface area contributed by atoms with Crippen molar-refractivity contribution in [3.8, 4) is 0 Å². The molecule has 0 aliphatic carbocycles. The number of hydrogen-bond donors (Lipinski definition) is 1. The van der Waals surface area contributed by atoms with Gasteiger partial charge in [0.15, 0.2) is 0 Å². The van der Waals surface area contributed by atoms with Crippen molar-refractivity contribution in [2.75, 3.05) is 33.4 Å². The highest BCUT2D eigenvalue weighted by atomic mass is 16.5. The molecule has 2 amide bonds. The van der Waals surface area contributed by atoms with Crippen LogP contribution in [0.2, 0.25) is 0 Å². The molecule has 0 spiro atoms. The maximum Gasteiger partial charge on any atom is 0.317 e. The number of nitrogens with zero attached hydrogens (tertiary/aromatic N) is 1. The Kier molecular flexibility index (Phi) is 5.47. The Morgan fingerprint density at radius 2 is 2.13 bits per heavy atom. The maximum atomic E-state index is 11.6. The average molecular weight is 214 g/mol. The molecule has 88 valence electrons. The molecule has 15 heavy (non-hydrogen) atoms. The van der Waals surface area contributed by atoms with E-state index in [9.17, 15) is 4.79 Å².